The van der Waals surface area contributed by atoms with E-state index in [2.05, 4.69) is 9.97 Å². The smallest absolute Gasteiger partial charge is 0.314 e. The molecule has 0 fully saturated rings. The van der Waals surface area contributed by atoms with Gasteiger partial charge in [0.1, 0.15) is 0 Å². The number of hydrogen-bond donors (Lipinski definition) is 0. The molecule has 0 aliphatic rings. The van der Waals surface area contributed by atoms with Crippen molar-refractivity contribution in [2.75, 3.05) is 0 Å². The molecule has 18 heavy (non-hydrogen) atoms. The molecule has 0 saturated carbocycles. The summed E-state index contributed by atoms with van der Waals surface area (Å²) in [5.41, 5.74) is 0.409. The molecule has 6 nitrogen and oxygen atoms in total. The van der Waals surface area contributed by atoms with Crippen LogP contribution >= 0.6 is 11.6 Å². The number of aryl methyl sites for hydroxylation is 1. The maximum atomic E-state index is 11.0. The number of ether oxygens (including phenoxy) is 1. The van der Waals surface area contributed by atoms with Crippen molar-refractivity contribution in [3.05, 3.63) is 51.4 Å². The first-order valence-corrected chi connectivity index (χ1v) is 5.35. The Morgan fingerprint density at radius 2 is 2.17 bits per heavy atom. The van der Waals surface area contributed by atoms with Crippen molar-refractivity contribution in [1.29, 1.82) is 0 Å². The molecule has 1 aromatic heterocycles. The fraction of sp³-hybridized carbons (Fsp3) is 0.0909. The van der Waals surface area contributed by atoms with Crippen LogP contribution in [0.1, 0.15) is 5.56 Å². The van der Waals surface area contributed by atoms with E-state index in [0.29, 0.717) is 5.56 Å². The fourth-order valence-corrected chi connectivity index (χ4v) is 1.58. The summed E-state index contributed by atoms with van der Waals surface area (Å²) in [4.78, 5) is 18.1. The average Bonchev–Trinajstić information content (AvgIpc) is 2.28. The topological polar surface area (TPSA) is 78.2 Å². The Balaban J connectivity index is 2.40. The first kappa shape index (κ1) is 12.3. The summed E-state index contributed by atoms with van der Waals surface area (Å²) in [5.74, 6) is 0.216. The van der Waals surface area contributed by atoms with Crippen LogP contribution in [0.2, 0.25) is 5.15 Å². The minimum Gasteiger partial charge on any atom is -0.430 e. The Morgan fingerprint density at radius 1 is 1.39 bits per heavy atom. The van der Waals surface area contributed by atoms with E-state index in [-0.39, 0.29) is 22.5 Å². The first-order valence-electron chi connectivity index (χ1n) is 4.97. The molecule has 0 saturated heterocycles. The van der Waals surface area contributed by atoms with E-state index >= 15 is 0 Å². The van der Waals surface area contributed by atoms with Crippen molar-refractivity contribution in [3.63, 3.8) is 0 Å². The second kappa shape index (κ2) is 4.97. The lowest BCUT2D eigenvalue weighted by molar-refractivity contribution is -0.386. The van der Waals surface area contributed by atoms with Crippen LogP contribution in [0.5, 0.6) is 11.6 Å². The Hall–Kier alpha value is -2.21. The van der Waals surface area contributed by atoms with Gasteiger partial charge in [0, 0.05) is 5.56 Å². The van der Waals surface area contributed by atoms with Gasteiger partial charge in [-0.25, -0.2) is 0 Å². The number of nitro groups is 1. The van der Waals surface area contributed by atoms with Gasteiger partial charge in [-0.2, -0.15) is 4.98 Å². The van der Waals surface area contributed by atoms with Gasteiger partial charge in [-0.3, -0.25) is 15.1 Å². The van der Waals surface area contributed by atoms with E-state index in [1.807, 2.05) is 0 Å². The van der Waals surface area contributed by atoms with Crippen molar-refractivity contribution in [2.24, 2.45) is 0 Å². The van der Waals surface area contributed by atoms with Crippen LogP contribution < -0.4 is 4.74 Å². The largest absolute Gasteiger partial charge is 0.430 e. The second-order valence-corrected chi connectivity index (χ2v) is 3.85. The zero-order chi connectivity index (χ0) is 13.1. The molecule has 0 unspecified atom stereocenters. The van der Waals surface area contributed by atoms with E-state index in [9.17, 15) is 10.1 Å². The van der Waals surface area contributed by atoms with Crippen molar-refractivity contribution in [2.45, 2.75) is 6.92 Å². The molecule has 1 aromatic carbocycles. The molecule has 0 bridgehead atoms. The summed E-state index contributed by atoms with van der Waals surface area (Å²) < 4.78 is 5.33. The van der Waals surface area contributed by atoms with Crippen LogP contribution in [0.25, 0.3) is 0 Å². The van der Waals surface area contributed by atoms with E-state index in [1.54, 1.807) is 19.1 Å². The van der Waals surface area contributed by atoms with Gasteiger partial charge in [0.25, 0.3) is 0 Å². The quantitative estimate of drug-likeness (QED) is 0.629. The van der Waals surface area contributed by atoms with Crippen molar-refractivity contribution in [3.8, 4) is 11.6 Å². The van der Waals surface area contributed by atoms with Gasteiger partial charge in [-0.15, -0.1) is 0 Å². The number of para-hydroxylation sites is 1. The number of hydrogen-bond acceptors (Lipinski definition) is 5. The molecule has 0 aliphatic carbocycles. The zero-order valence-electron chi connectivity index (χ0n) is 9.33. The van der Waals surface area contributed by atoms with Crippen LogP contribution in [-0.4, -0.2) is 14.9 Å². The maximum absolute atomic E-state index is 11.0. The Bertz CT molecular complexity index is 604. The monoisotopic (exact) mass is 265 g/mol. The summed E-state index contributed by atoms with van der Waals surface area (Å²) in [7, 11) is 0. The third-order valence-electron chi connectivity index (χ3n) is 2.18. The Kier molecular flexibility index (Phi) is 3.38. The van der Waals surface area contributed by atoms with E-state index < -0.39 is 4.92 Å². The number of aromatic nitrogens is 2. The van der Waals surface area contributed by atoms with Crippen LogP contribution in [0, 0.1) is 17.0 Å². The molecule has 7 heteroatoms. The van der Waals surface area contributed by atoms with Crippen molar-refractivity contribution < 1.29 is 9.66 Å². The van der Waals surface area contributed by atoms with Crippen LogP contribution in [0.3, 0.4) is 0 Å². The standard InChI is InChI=1S/C11H8ClN3O3/c1-7-3-2-4-8(11(7)15(16)17)18-10-6-13-5-9(12)14-10/h2-6H,1H3. The van der Waals surface area contributed by atoms with Crippen LogP contribution in [-0.2, 0) is 0 Å². The average molecular weight is 266 g/mol. The number of rotatable bonds is 3. The lowest BCUT2D eigenvalue weighted by Crippen LogP contribution is -1.97. The van der Waals surface area contributed by atoms with Gasteiger partial charge in [0.15, 0.2) is 5.15 Å². The first-order chi connectivity index (χ1) is 8.58. The Morgan fingerprint density at radius 3 is 2.83 bits per heavy atom. The van der Waals surface area contributed by atoms with Crippen LogP contribution in [0.4, 0.5) is 5.69 Å². The number of nitro benzene ring substituents is 1. The summed E-state index contributed by atoms with van der Waals surface area (Å²) in [6, 6.07) is 4.79. The molecule has 0 N–H and O–H groups in total. The highest BCUT2D eigenvalue weighted by Gasteiger charge is 2.19. The minimum atomic E-state index is -0.497. The van der Waals surface area contributed by atoms with Crippen molar-refractivity contribution in [1.82, 2.24) is 9.97 Å². The molecule has 0 amide bonds. The minimum absolute atomic E-state index is 0.0979. The van der Waals surface area contributed by atoms with Gasteiger partial charge in [-0.1, -0.05) is 23.7 Å². The van der Waals surface area contributed by atoms with Gasteiger partial charge < -0.3 is 4.74 Å². The maximum Gasteiger partial charge on any atom is 0.314 e. The number of nitrogens with zero attached hydrogens (tertiary/aromatic N) is 3. The van der Waals surface area contributed by atoms with Gasteiger partial charge in [0.2, 0.25) is 11.6 Å². The highest BCUT2D eigenvalue weighted by atomic mass is 35.5. The third-order valence-corrected chi connectivity index (χ3v) is 2.36. The lowest BCUT2D eigenvalue weighted by atomic mass is 10.2. The fourth-order valence-electron chi connectivity index (χ4n) is 1.44. The van der Waals surface area contributed by atoms with Gasteiger partial charge >= 0.3 is 5.69 Å². The molecule has 92 valence electrons. The highest BCUT2D eigenvalue weighted by molar-refractivity contribution is 6.29. The Labute approximate surface area is 107 Å². The zero-order valence-corrected chi connectivity index (χ0v) is 10.1. The van der Waals surface area contributed by atoms with E-state index in [4.69, 9.17) is 16.3 Å². The van der Waals surface area contributed by atoms with E-state index in [1.165, 1.54) is 18.5 Å². The molecule has 2 aromatic rings. The predicted molar refractivity (Wildman–Crippen MR) is 64.9 cm³/mol. The summed E-state index contributed by atoms with van der Waals surface area (Å²) in [6.07, 6.45) is 2.68. The molecular formula is C11H8ClN3O3. The number of benzene rings is 1. The summed E-state index contributed by atoms with van der Waals surface area (Å²) >= 11 is 5.66. The molecule has 1 heterocycles. The van der Waals surface area contributed by atoms with Crippen LogP contribution in [0.15, 0.2) is 30.6 Å². The van der Waals surface area contributed by atoms with Gasteiger partial charge in [-0.05, 0) is 13.0 Å². The normalized spacial score (nSPS) is 10.1. The van der Waals surface area contributed by atoms with E-state index in [0.717, 1.165) is 0 Å². The predicted octanol–water partition coefficient (Wildman–Crippen LogP) is 3.14. The van der Waals surface area contributed by atoms with Gasteiger partial charge in [0.05, 0.1) is 17.3 Å². The molecule has 0 atom stereocenters. The molecule has 0 radical (unpaired) electrons. The summed E-state index contributed by atoms with van der Waals surface area (Å²) in [6.45, 7) is 1.63. The molecule has 0 aliphatic heterocycles. The lowest BCUT2D eigenvalue weighted by Gasteiger charge is -2.06. The molecule has 2 rings (SSSR count). The third kappa shape index (κ3) is 2.54. The summed E-state index contributed by atoms with van der Waals surface area (Å²) in [5, 5.41) is 11.1. The molecular weight excluding hydrogens is 258 g/mol. The molecule has 0 spiro atoms. The number of halogens is 1. The second-order valence-electron chi connectivity index (χ2n) is 3.46. The van der Waals surface area contributed by atoms with Crippen molar-refractivity contribution >= 4 is 17.3 Å². The highest BCUT2D eigenvalue weighted by Crippen LogP contribution is 2.33. The SMILES string of the molecule is Cc1cccc(Oc2cncc(Cl)n2)c1[N+](=O)[O-].